The zero-order valence-electron chi connectivity index (χ0n) is 51.1. The first kappa shape index (κ1) is 73.6. The molecule has 0 bridgehead atoms. The van der Waals surface area contributed by atoms with E-state index in [4.69, 9.17) is 4.74 Å². The lowest BCUT2D eigenvalue weighted by atomic mass is 10.0. The molecule has 0 aliphatic carbocycles. The highest BCUT2D eigenvalue weighted by molar-refractivity contribution is 5.76. The Kier molecular flexibility index (Phi) is 63.9. The van der Waals surface area contributed by atoms with Gasteiger partial charge in [-0.3, -0.25) is 9.59 Å². The molecule has 0 radical (unpaired) electrons. The molecular weight excluding hydrogens is 923 g/mol. The Labute approximate surface area is 469 Å². The van der Waals surface area contributed by atoms with E-state index >= 15 is 0 Å². The van der Waals surface area contributed by atoms with Gasteiger partial charge in [-0.2, -0.15) is 0 Å². The average Bonchev–Trinajstić information content (AvgIpc) is 3.41. The molecule has 75 heavy (non-hydrogen) atoms. The normalized spacial score (nSPS) is 12.5. The molecule has 2 unspecified atom stereocenters. The van der Waals surface area contributed by atoms with Gasteiger partial charge < -0.3 is 20.3 Å². The molecule has 0 saturated heterocycles. The van der Waals surface area contributed by atoms with Crippen LogP contribution in [0.1, 0.15) is 393 Å². The van der Waals surface area contributed by atoms with Gasteiger partial charge >= 0.3 is 5.97 Å². The van der Waals surface area contributed by atoms with Gasteiger partial charge in [0.15, 0.2) is 0 Å². The van der Waals surface area contributed by atoms with Crippen LogP contribution in [0.5, 0.6) is 0 Å². The molecule has 3 N–H and O–H groups in total. The van der Waals surface area contributed by atoms with Gasteiger partial charge in [0, 0.05) is 12.8 Å². The summed E-state index contributed by atoms with van der Waals surface area (Å²) in [5.74, 6) is -0.0464. The summed E-state index contributed by atoms with van der Waals surface area (Å²) in [6.45, 7) is 4.94. The van der Waals surface area contributed by atoms with E-state index in [0.717, 1.165) is 38.5 Å². The van der Waals surface area contributed by atoms with Gasteiger partial charge in [0.2, 0.25) is 5.91 Å². The minimum absolute atomic E-state index is 0.0156. The van der Waals surface area contributed by atoms with Crippen LogP contribution in [0.4, 0.5) is 0 Å². The molecule has 6 heteroatoms. The second-order valence-electron chi connectivity index (χ2n) is 23.9. The fraction of sp³-hybridized carbons (Fsp3) is 0.942. The predicted octanol–water partition coefficient (Wildman–Crippen LogP) is 22.0. The summed E-state index contributed by atoms with van der Waals surface area (Å²) in [7, 11) is 0. The lowest BCUT2D eigenvalue weighted by Gasteiger charge is -2.20. The van der Waals surface area contributed by atoms with Gasteiger partial charge in [-0.25, -0.2) is 0 Å². The van der Waals surface area contributed by atoms with E-state index in [-0.39, 0.29) is 18.5 Å². The minimum Gasteiger partial charge on any atom is -0.466 e. The van der Waals surface area contributed by atoms with E-state index in [0.29, 0.717) is 19.4 Å². The van der Waals surface area contributed by atoms with Crippen molar-refractivity contribution in [3.63, 3.8) is 0 Å². The van der Waals surface area contributed by atoms with Crippen LogP contribution in [0.2, 0.25) is 0 Å². The predicted molar refractivity (Wildman–Crippen MR) is 329 cm³/mol. The lowest BCUT2D eigenvalue weighted by molar-refractivity contribution is -0.143. The third kappa shape index (κ3) is 61.7. The van der Waals surface area contributed by atoms with Crippen LogP contribution in [-0.2, 0) is 14.3 Å². The number of esters is 1. The number of carbonyl (C=O) groups excluding carboxylic acids is 2. The Morgan fingerprint density at radius 1 is 0.360 bits per heavy atom. The largest absolute Gasteiger partial charge is 0.466 e. The summed E-state index contributed by atoms with van der Waals surface area (Å²) in [5.41, 5.74) is 0. The molecule has 0 aromatic carbocycles. The second-order valence-corrected chi connectivity index (χ2v) is 23.9. The molecule has 0 aliphatic heterocycles. The molecule has 0 spiro atoms. The van der Waals surface area contributed by atoms with Gasteiger partial charge in [-0.15, -0.1) is 0 Å². The van der Waals surface area contributed by atoms with Crippen LogP contribution < -0.4 is 5.32 Å². The monoisotopic (exact) mass is 1060 g/mol. The summed E-state index contributed by atoms with van der Waals surface area (Å²) in [5, 5.41) is 23.3. The van der Waals surface area contributed by atoms with Crippen LogP contribution in [0, 0.1) is 0 Å². The Hall–Kier alpha value is -1.40. The van der Waals surface area contributed by atoms with Crippen molar-refractivity contribution in [1.82, 2.24) is 5.32 Å². The second kappa shape index (κ2) is 65.1. The van der Waals surface area contributed by atoms with E-state index in [1.807, 2.05) is 6.08 Å². The van der Waals surface area contributed by atoms with Crippen LogP contribution >= 0.6 is 0 Å². The van der Waals surface area contributed by atoms with Crippen molar-refractivity contribution >= 4 is 11.9 Å². The van der Waals surface area contributed by atoms with E-state index < -0.39 is 12.1 Å². The number of amides is 1. The molecule has 0 aromatic heterocycles. The van der Waals surface area contributed by atoms with Gasteiger partial charge in [0.05, 0.1) is 25.4 Å². The van der Waals surface area contributed by atoms with Gasteiger partial charge in [0.1, 0.15) is 0 Å². The summed E-state index contributed by atoms with van der Waals surface area (Å²) in [6.07, 6.45) is 80.0. The lowest BCUT2D eigenvalue weighted by Crippen LogP contribution is -2.45. The molecule has 0 aromatic rings. The van der Waals surface area contributed by atoms with Crippen LogP contribution in [-0.4, -0.2) is 47.4 Å². The number of hydrogen-bond donors (Lipinski definition) is 3. The Bertz CT molecular complexity index is 1130. The number of allylic oxidation sites excluding steroid dienone is 1. The number of aliphatic hydroxyl groups excluding tert-OH is 2. The highest BCUT2D eigenvalue weighted by Crippen LogP contribution is 2.19. The molecule has 2 atom stereocenters. The first-order valence-electron chi connectivity index (χ1n) is 34.5. The summed E-state index contributed by atoms with van der Waals surface area (Å²) < 4.78 is 5.47. The van der Waals surface area contributed by atoms with Crippen LogP contribution in [0.15, 0.2) is 12.2 Å². The number of unbranched alkanes of at least 4 members (excludes halogenated alkanes) is 54. The van der Waals surface area contributed by atoms with E-state index in [1.54, 1.807) is 6.08 Å². The van der Waals surface area contributed by atoms with Gasteiger partial charge in [-0.1, -0.05) is 360 Å². The maximum atomic E-state index is 12.5. The molecule has 0 aliphatic rings. The fourth-order valence-electron chi connectivity index (χ4n) is 11.1. The fourth-order valence-corrected chi connectivity index (χ4v) is 11.1. The van der Waals surface area contributed by atoms with Crippen molar-refractivity contribution < 1.29 is 24.5 Å². The molecule has 6 nitrogen and oxygen atoms in total. The van der Waals surface area contributed by atoms with Crippen molar-refractivity contribution in [3.8, 4) is 0 Å². The maximum Gasteiger partial charge on any atom is 0.305 e. The van der Waals surface area contributed by atoms with E-state index in [9.17, 15) is 19.8 Å². The number of rotatable bonds is 65. The highest BCUT2D eigenvalue weighted by atomic mass is 16.5. The van der Waals surface area contributed by atoms with E-state index in [2.05, 4.69) is 19.2 Å². The summed E-state index contributed by atoms with van der Waals surface area (Å²) >= 11 is 0. The molecule has 0 saturated carbocycles. The topological polar surface area (TPSA) is 95.9 Å². The standard InChI is InChI=1S/C69H135NO5/c1-3-5-7-9-11-13-15-16-17-18-19-20-23-26-29-32-35-38-42-45-49-53-57-61-67(72)66(65-71)70-68(73)62-58-54-50-46-43-39-36-33-30-27-24-21-22-25-28-31-34-37-40-44-48-52-56-60-64-75-69(74)63-59-55-51-47-41-14-12-10-8-6-4-2/h57,61,66-67,71-72H,3-56,58-60,62-65H2,1-2H3,(H,70,73)/b61-57+. The Morgan fingerprint density at radius 3 is 0.907 bits per heavy atom. The first-order valence-corrected chi connectivity index (χ1v) is 34.5. The van der Waals surface area contributed by atoms with Crippen molar-refractivity contribution in [2.24, 2.45) is 0 Å². The minimum atomic E-state index is -0.844. The highest BCUT2D eigenvalue weighted by Gasteiger charge is 2.18. The number of aliphatic hydroxyl groups is 2. The Balaban J connectivity index is 3.40. The van der Waals surface area contributed by atoms with Crippen molar-refractivity contribution in [2.45, 2.75) is 405 Å². The molecule has 0 heterocycles. The zero-order chi connectivity index (χ0) is 54.3. The van der Waals surface area contributed by atoms with Gasteiger partial charge in [-0.05, 0) is 32.1 Å². The smallest absolute Gasteiger partial charge is 0.305 e. The quantitative estimate of drug-likeness (QED) is 0.0320. The molecule has 446 valence electrons. The third-order valence-corrected chi connectivity index (χ3v) is 16.3. The first-order chi connectivity index (χ1) is 37.0. The number of carbonyl (C=O) groups is 2. The maximum absolute atomic E-state index is 12.5. The zero-order valence-corrected chi connectivity index (χ0v) is 51.1. The van der Waals surface area contributed by atoms with Crippen LogP contribution in [0.3, 0.4) is 0 Å². The number of nitrogens with one attached hydrogen (secondary N) is 1. The SMILES string of the molecule is CCCCCCCCCCCCCCCCCCCCCCC/C=C/C(O)C(CO)NC(=O)CCCCCCCCCCCCCCCCCCCCCCCCCCOC(=O)CCCCCCCCCCCCC. The van der Waals surface area contributed by atoms with Gasteiger partial charge in [0.25, 0.3) is 0 Å². The molecule has 0 fully saturated rings. The summed E-state index contributed by atoms with van der Waals surface area (Å²) in [6, 6.07) is -0.627. The molecule has 1 amide bonds. The Morgan fingerprint density at radius 2 is 0.613 bits per heavy atom. The molecular formula is C69H135NO5. The van der Waals surface area contributed by atoms with Crippen LogP contribution in [0.25, 0.3) is 0 Å². The number of hydrogen-bond acceptors (Lipinski definition) is 5. The van der Waals surface area contributed by atoms with Crippen molar-refractivity contribution in [3.05, 3.63) is 12.2 Å². The number of ether oxygens (including phenoxy) is 1. The third-order valence-electron chi connectivity index (χ3n) is 16.3. The van der Waals surface area contributed by atoms with Crippen molar-refractivity contribution in [2.75, 3.05) is 13.2 Å². The van der Waals surface area contributed by atoms with Crippen molar-refractivity contribution in [1.29, 1.82) is 0 Å². The summed E-state index contributed by atoms with van der Waals surface area (Å²) in [4.78, 5) is 24.5. The molecule has 0 rings (SSSR count). The average molecular weight is 1060 g/mol. The van der Waals surface area contributed by atoms with E-state index in [1.165, 1.54) is 327 Å².